The van der Waals surface area contributed by atoms with E-state index in [1.165, 1.54) is 0 Å². The molecule has 4 heterocycles. The van der Waals surface area contributed by atoms with Crippen LogP contribution in [0.2, 0.25) is 0 Å². The number of ketones is 4. The van der Waals surface area contributed by atoms with E-state index in [0.29, 0.717) is 20.3 Å². The second-order valence-corrected chi connectivity index (χ2v) is 31.4. The molecule has 4 rings (SSSR count). The average Bonchev–Trinajstić information content (AvgIpc) is 1.59. The van der Waals surface area contributed by atoms with Gasteiger partial charge in [0.2, 0.25) is 0 Å². The van der Waals surface area contributed by atoms with Gasteiger partial charge in [-0.3, -0.25) is 57.5 Å². The van der Waals surface area contributed by atoms with Crippen LogP contribution in [0.4, 0.5) is 0 Å². The maximum atomic E-state index is 13.5. The lowest BCUT2D eigenvalue weighted by Crippen LogP contribution is -2.49. The van der Waals surface area contributed by atoms with Gasteiger partial charge in [-0.05, 0) is 162 Å². The zero-order valence-electron chi connectivity index (χ0n) is 64.3. The summed E-state index contributed by atoms with van der Waals surface area (Å²) in [5.41, 5.74) is -10.5. The third kappa shape index (κ3) is 30.5. The molecule has 8 amide bonds. The summed E-state index contributed by atoms with van der Waals surface area (Å²) in [6.45, 7) is 27.1. The second-order valence-electron chi connectivity index (χ2n) is 31.4. The number of carbonyl (C=O) groups excluding carboxylic acids is 16. The third-order valence-electron chi connectivity index (χ3n) is 18.4. The molecule has 0 aromatic heterocycles. The van der Waals surface area contributed by atoms with Crippen molar-refractivity contribution in [1.29, 1.82) is 0 Å². The molecule has 0 radical (unpaired) electrons. The zero-order valence-corrected chi connectivity index (χ0v) is 64.3. The van der Waals surface area contributed by atoms with Crippen LogP contribution in [0, 0.1) is 5.41 Å². The van der Waals surface area contributed by atoms with Crippen LogP contribution in [0.3, 0.4) is 0 Å². The van der Waals surface area contributed by atoms with Gasteiger partial charge in [-0.1, -0.05) is 0 Å². The molecule has 0 bridgehead atoms. The lowest BCUT2D eigenvalue weighted by Gasteiger charge is -2.42. The van der Waals surface area contributed by atoms with E-state index in [-0.39, 0.29) is 230 Å². The molecule has 4 aliphatic heterocycles. The number of carbonyl (C=O) groups is 16. The van der Waals surface area contributed by atoms with Gasteiger partial charge in [0.15, 0.2) is 23.1 Å². The standard InChI is InChI=1S/C73H112N4O28/c1-65(2,37-41-94-69(9,10)49(78)21-17-25-61(90)102-74-53(82)29-30-54(74)83)98-45-73(46-99-66(3,4)38-42-95-70(11,12)50(79)22-18-26-62(91)103-75-55(84)31-32-56(75)85,47-100-67(5,6)39-43-96-71(13,14)51(80)23-19-27-63(92)104-76-57(86)33-34-58(76)87)48-101-68(7,8)40-44-97-72(15,16)52(81)24-20-28-64(93)105-77-59(88)35-36-60(77)89/h17-48H2,1-16H3. The minimum atomic E-state index is -1.32. The number of amides is 8. The Morgan fingerprint density at radius 1 is 0.257 bits per heavy atom. The SMILES string of the molecule is CC(C)(CCOC(C)(C)C(=O)CCCC(=O)ON1C(=O)CCC1=O)OCC(COC(C)(C)CCOC(C)(C)C(=O)CCCC(=O)ON1C(=O)CCC1=O)(COC(C)(C)CCOC(C)(C)C(=O)CCCC(=O)ON1C(=O)CCC1=O)COC(C)(C)CCOC(C)(C)C(=O)CCCC(=O)ON1C(=O)CCC1=O. The van der Waals surface area contributed by atoms with Gasteiger partial charge in [-0.2, -0.15) is 0 Å². The summed E-state index contributed by atoms with van der Waals surface area (Å²) in [4.78, 5) is 219. The smallest absolute Gasteiger partial charge is 0.333 e. The summed E-state index contributed by atoms with van der Waals surface area (Å²) in [5.74, 6) is -9.64. The number of rotatable bonds is 52. The first kappa shape index (κ1) is 90.2. The van der Waals surface area contributed by atoms with Crippen molar-refractivity contribution in [3.05, 3.63) is 0 Å². The molecular weight excluding hydrogens is 1380 g/mol. The number of imide groups is 4. The van der Waals surface area contributed by atoms with Gasteiger partial charge in [-0.15, -0.1) is 20.3 Å². The van der Waals surface area contributed by atoms with E-state index < -0.39 is 121 Å². The van der Waals surface area contributed by atoms with Gasteiger partial charge < -0.3 is 57.2 Å². The van der Waals surface area contributed by atoms with Crippen LogP contribution in [0.25, 0.3) is 0 Å². The Morgan fingerprint density at radius 2 is 0.419 bits per heavy atom. The Bertz CT molecular complexity index is 2700. The van der Waals surface area contributed by atoms with E-state index in [9.17, 15) is 76.7 Å². The molecular formula is C73H112N4O28. The summed E-state index contributed by atoms with van der Waals surface area (Å²) in [5, 5.41) is 1.79. The van der Waals surface area contributed by atoms with Gasteiger partial charge in [0.05, 0.1) is 80.7 Å². The molecule has 0 spiro atoms. The first-order valence-corrected chi connectivity index (χ1v) is 36.0. The summed E-state index contributed by atoms with van der Waals surface area (Å²) >= 11 is 0. The van der Waals surface area contributed by atoms with Gasteiger partial charge in [0.25, 0.3) is 47.3 Å². The molecule has 0 saturated carbocycles. The minimum Gasteiger partial charge on any atom is -0.375 e. The predicted molar refractivity (Wildman–Crippen MR) is 365 cm³/mol. The van der Waals surface area contributed by atoms with E-state index in [2.05, 4.69) is 0 Å². The summed E-state index contributed by atoms with van der Waals surface area (Å²) in [6, 6.07) is 0. The Labute approximate surface area is 614 Å². The zero-order chi connectivity index (χ0) is 79.2. The van der Waals surface area contributed by atoms with Crippen LogP contribution < -0.4 is 0 Å². The maximum absolute atomic E-state index is 13.5. The first-order valence-electron chi connectivity index (χ1n) is 36.0. The van der Waals surface area contributed by atoms with Crippen molar-refractivity contribution in [2.24, 2.45) is 5.41 Å². The van der Waals surface area contributed by atoms with Gasteiger partial charge >= 0.3 is 23.9 Å². The Kier molecular flexibility index (Phi) is 33.6. The monoisotopic (exact) mass is 1490 g/mol. The van der Waals surface area contributed by atoms with Crippen LogP contribution in [0.5, 0.6) is 0 Å². The molecule has 0 N–H and O–H groups in total. The molecule has 0 aliphatic carbocycles. The number of ether oxygens (including phenoxy) is 8. The molecule has 0 aromatic rings. The fraction of sp³-hybridized carbons (Fsp3) is 0.781. The number of hydroxylamine groups is 8. The molecule has 32 nitrogen and oxygen atoms in total. The quantitative estimate of drug-likeness (QED) is 0.0539. The fourth-order valence-corrected chi connectivity index (χ4v) is 10.5. The van der Waals surface area contributed by atoms with Crippen molar-refractivity contribution in [3.63, 3.8) is 0 Å². The summed E-state index contributed by atoms with van der Waals surface area (Å²) in [6.07, 6.45) is -0.633. The number of hydrogen-bond acceptors (Lipinski definition) is 28. The van der Waals surface area contributed by atoms with Gasteiger partial charge in [0.1, 0.15) is 22.4 Å². The summed E-state index contributed by atoms with van der Waals surface area (Å²) in [7, 11) is 0. The molecule has 105 heavy (non-hydrogen) atoms. The van der Waals surface area contributed by atoms with Crippen molar-refractivity contribution < 1.29 is 134 Å². The lowest BCUT2D eigenvalue weighted by molar-refractivity contribution is -0.198. The molecule has 0 atom stereocenters. The molecule has 4 fully saturated rings. The van der Waals surface area contributed by atoms with E-state index in [4.69, 9.17) is 57.2 Å². The fourth-order valence-electron chi connectivity index (χ4n) is 10.5. The highest BCUT2D eigenvalue weighted by atomic mass is 16.7. The van der Waals surface area contributed by atoms with Crippen LogP contribution in [0.15, 0.2) is 0 Å². The van der Waals surface area contributed by atoms with Crippen molar-refractivity contribution in [2.75, 3.05) is 52.9 Å². The topological polar surface area (TPSA) is 397 Å². The van der Waals surface area contributed by atoms with Crippen molar-refractivity contribution >= 4 is 94.3 Å². The number of nitrogens with zero attached hydrogens (tertiary/aromatic N) is 4. The molecule has 0 aromatic carbocycles. The van der Waals surface area contributed by atoms with Gasteiger partial charge in [0, 0.05) is 103 Å². The van der Waals surface area contributed by atoms with E-state index >= 15 is 0 Å². The third-order valence-corrected chi connectivity index (χ3v) is 18.4. The Balaban J connectivity index is 1.54. The minimum absolute atomic E-state index is 0.0218. The molecule has 32 heteroatoms. The highest BCUT2D eigenvalue weighted by molar-refractivity contribution is 6.04. The Morgan fingerprint density at radius 3 is 0.581 bits per heavy atom. The maximum Gasteiger partial charge on any atom is 0.333 e. The second kappa shape index (κ2) is 39.1. The number of Topliss-reactive ketones (excluding diaryl/α,β-unsaturated/α-hetero) is 4. The average molecular weight is 1490 g/mol. The van der Waals surface area contributed by atoms with Crippen molar-refractivity contribution in [1.82, 2.24) is 20.3 Å². The van der Waals surface area contributed by atoms with Gasteiger partial charge in [-0.25, -0.2) is 19.2 Å². The van der Waals surface area contributed by atoms with E-state index in [1.54, 1.807) is 55.4 Å². The largest absolute Gasteiger partial charge is 0.375 e. The lowest BCUT2D eigenvalue weighted by atomic mass is 9.89. The van der Waals surface area contributed by atoms with Crippen LogP contribution >= 0.6 is 0 Å². The summed E-state index contributed by atoms with van der Waals surface area (Å²) < 4.78 is 52.3. The van der Waals surface area contributed by atoms with Crippen LogP contribution in [-0.4, -0.2) is 212 Å². The first-order chi connectivity index (χ1) is 48.5. The molecule has 4 saturated heterocycles. The highest BCUT2D eigenvalue weighted by Gasteiger charge is 2.43. The molecule has 0 unspecified atom stereocenters. The van der Waals surface area contributed by atoms with Crippen molar-refractivity contribution in [2.45, 2.75) is 310 Å². The molecule has 592 valence electrons. The van der Waals surface area contributed by atoms with E-state index in [0.717, 1.165) is 0 Å². The van der Waals surface area contributed by atoms with Crippen LogP contribution in [0.1, 0.15) is 265 Å². The normalized spacial score (nSPS) is 16.2. The van der Waals surface area contributed by atoms with Crippen molar-refractivity contribution in [3.8, 4) is 0 Å². The Hall–Kier alpha value is -7.20. The van der Waals surface area contributed by atoms with Crippen LogP contribution in [-0.2, 0) is 134 Å². The molecule has 4 aliphatic rings. The van der Waals surface area contributed by atoms with E-state index in [1.807, 2.05) is 55.4 Å². The predicted octanol–water partition coefficient (Wildman–Crippen LogP) is 7.28. The number of hydrogen-bond donors (Lipinski definition) is 0. The highest BCUT2D eigenvalue weighted by Crippen LogP contribution is 2.34.